The maximum atomic E-state index is 9.14. The van der Waals surface area contributed by atoms with Gasteiger partial charge in [-0.25, -0.2) is 0 Å². The van der Waals surface area contributed by atoms with Gasteiger partial charge in [-0.1, -0.05) is 6.58 Å². The van der Waals surface area contributed by atoms with Gasteiger partial charge in [0, 0.05) is 0 Å². The second-order valence-corrected chi connectivity index (χ2v) is 0.523. The van der Waals surface area contributed by atoms with Crippen molar-refractivity contribution in [3.8, 4) is 0 Å². The van der Waals surface area contributed by atoms with E-state index in [1.54, 1.807) is 0 Å². The summed E-state index contributed by atoms with van der Waals surface area (Å²) in [5.74, 6) is -1.23. The molecule has 0 aromatic carbocycles. The molecule has 0 saturated heterocycles. The van der Waals surface area contributed by atoms with Crippen LogP contribution >= 0.6 is 0 Å². The predicted octanol–water partition coefficient (Wildman–Crippen LogP) is -1.08. The van der Waals surface area contributed by atoms with Crippen LogP contribution in [0.4, 0.5) is 0 Å². The van der Waals surface area contributed by atoms with Gasteiger partial charge in [0.1, 0.15) is 0 Å². The van der Waals surface area contributed by atoms with Crippen LogP contribution in [0.3, 0.4) is 0 Å². The van der Waals surface area contributed by atoms with Gasteiger partial charge in [0.05, 0.1) is 5.97 Å². The largest absolute Gasteiger partial charge is 1.00 e. The molecule has 0 aliphatic carbocycles. The average Bonchev–Trinajstić information content (AvgIpc) is 1.38. The molecule has 0 spiro atoms. The summed E-state index contributed by atoms with van der Waals surface area (Å²) >= 11 is 0. The molecule has 6 heavy (non-hydrogen) atoms. The summed E-state index contributed by atoms with van der Waals surface area (Å²) in [6.45, 7) is 2.90. The van der Waals surface area contributed by atoms with Crippen molar-refractivity contribution in [2.75, 3.05) is 0 Å². The van der Waals surface area contributed by atoms with Crippen molar-refractivity contribution in [3.63, 3.8) is 0 Å². The fourth-order valence-electron chi connectivity index (χ4n) is 0. The van der Waals surface area contributed by atoms with E-state index in [1.165, 1.54) is 0 Å². The van der Waals surface area contributed by atoms with E-state index >= 15 is 0 Å². The summed E-state index contributed by atoms with van der Waals surface area (Å²) in [7, 11) is 0. The van der Waals surface area contributed by atoms with Crippen molar-refractivity contribution in [1.82, 2.24) is 0 Å². The number of hydrogen-bond donors (Lipinski definition) is 0. The quantitative estimate of drug-likeness (QED) is 0.340. The first-order chi connectivity index (χ1) is 2.27. The zero-order valence-electron chi connectivity index (χ0n) is 3.31. The fraction of sp³-hybridized carbons (Fsp3) is 0. The van der Waals surface area contributed by atoms with Gasteiger partial charge >= 0.3 is 19.5 Å². The van der Waals surface area contributed by atoms with E-state index in [1.807, 2.05) is 0 Å². The van der Waals surface area contributed by atoms with Crippen LogP contribution in [0.15, 0.2) is 12.7 Å². The van der Waals surface area contributed by atoms with Gasteiger partial charge in [0.15, 0.2) is 0 Å². The SMILES string of the molecule is C=CC(=O)[O-].[Zn+]. The third-order valence-electron chi connectivity index (χ3n) is 0.167. The number of hydrogen-bond acceptors (Lipinski definition) is 2. The molecule has 0 unspecified atom stereocenters. The molecule has 2 nitrogen and oxygen atoms in total. The van der Waals surface area contributed by atoms with E-state index in [0.717, 1.165) is 6.08 Å². The Labute approximate surface area is 48.6 Å². The van der Waals surface area contributed by atoms with Crippen LogP contribution in [0.1, 0.15) is 0 Å². The monoisotopic (exact) mass is 135 g/mol. The van der Waals surface area contributed by atoms with Crippen molar-refractivity contribution in [3.05, 3.63) is 12.7 Å². The molecule has 0 saturated carbocycles. The first-order valence-corrected chi connectivity index (χ1v) is 1.11. The number of aliphatic carboxylic acids is 1. The van der Waals surface area contributed by atoms with Gasteiger partial charge in [-0.15, -0.1) is 0 Å². The summed E-state index contributed by atoms with van der Waals surface area (Å²) in [5.41, 5.74) is 0. The summed E-state index contributed by atoms with van der Waals surface area (Å²) in [4.78, 5) is 9.14. The summed E-state index contributed by atoms with van der Waals surface area (Å²) in [6.07, 6.45) is 0.722. The first kappa shape index (κ1) is 9.27. The van der Waals surface area contributed by atoms with Gasteiger partial charge < -0.3 is 9.90 Å². The number of carboxylic acid groups (broad SMARTS) is 1. The molecule has 0 N–H and O–H groups in total. The van der Waals surface area contributed by atoms with Crippen molar-refractivity contribution in [2.45, 2.75) is 0 Å². The van der Waals surface area contributed by atoms with Gasteiger partial charge in [-0.3, -0.25) is 0 Å². The molecule has 0 bridgehead atoms. The molecule has 0 aliphatic rings. The van der Waals surface area contributed by atoms with Crippen LogP contribution in [0.5, 0.6) is 0 Å². The minimum Gasteiger partial charge on any atom is -0.545 e. The van der Waals surface area contributed by atoms with Gasteiger partial charge in [-0.05, 0) is 6.08 Å². The normalized spacial score (nSPS) is 5.33. The van der Waals surface area contributed by atoms with Crippen molar-refractivity contribution in [2.24, 2.45) is 0 Å². The molecule has 0 fully saturated rings. The van der Waals surface area contributed by atoms with Gasteiger partial charge in [0.25, 0.3) is 0 Å². The van der Waals surface area contributed by atoms with Crippen molar-refractivity contribution in [1.29, 1.82) is 0 Å². The molecule has 0 rings (SSSR count). The Morgan fingerprint density at radius 3 is 2.00 bits per heavy atom. The smallest absolute Gasteiger partial charge is 0.545 e. The van der Waals surface area contributed by atoms with E-state index in [0.29, 0.717) is 0 Å². The van der Waals surface area contributed by atoms with Crippen LogP contribution in [0, 0.1) is 0 Å². The Morgan fingerprint density at radius 1 is 1.83 bits per heavy atom. The van der Waals surface area contributed by atoms with Crippen LogP contribution < -0.4 is 5.11 Å². The van der Waals surface area contributed by atoms with Gasteiger partial charge in [0.2, 0.25) is 0 Å². The number of rotatable bonds is 1. The molecule has 0 aliphatic heterocycles. The maximum absolute atomic E-state index is 9.14. The van der Waals surface area contributed by atoms with E-state index in [2.05, 4.69) is 6.58 Å². The van der Waals surface area contributed by atoms with Crippen LogP contribution in [0.25, 0.3) is 0 Å². The van der Waals surface area contributed by atoms with E-state index in [9.17, 15) is 0 Å². The summed E-state index contributed by atoms with van der Waals surface area (Å²) in [6, 6.07) is 0. The third kappa shape index (κ3) is 9.16. The number of carboxylic acids is 1. The van der Waals surface area contributed by atoms with E-state index in [-0.39, 0.29) is 19.5 Å². The topological polar surface area (TPSA) is 40.1 Å². The molecule has 0 aromatic rings. The molecule has 0 atom stereocenters. The second kappa shape index (κ2) is 4.83. The van der Waals surface area contributed by atoms with Crippen LogP contribution in [-0.4, -0.2) is 5.97 Å². The minimum atomic E-state index is -1.23. The Kier molecular flexibility index (Phi) is 7.47. The minimum absolute atomic E-state index is 0. The Bertz CT molecular complexity index is 59.8. The standard InChI is InChI=1S/C3H4O2.Zn/c1-2-3(4)5;/h2H,1H2,(H,4,5);/q;+1/p-1. The average molecular weight is 136 g/mol. The number of carbonyl (C=O) groups is 1. The molecule has 29 valence electrons. The molecule has 1 radical (unpaired) electrons. The molecule has 3 heteroatoms. The zero-order valence-corrected chi connectivity index (χ0v) is 6.28. The molecular formula is C3H3O2Zn. The van der Waals surface area contributed by atoms with Crippen LogP contribution in [-0.2, 0) is 24.3 Å². The Morgan fingerprint density at radius 2 is 2.00 bits per heavy atom. The van der Waals surface area contributed by atoms with E-state index in [4.69, 9.17) is 9.90 Å². The summed E-state index contributed by atoms with van der Waals surface area (Å²) in [5, 5.41) is 9.14. The predicted molar refractivity (Wildman–Crippen MR) is 15.2 cm³/mol. The third-order valence-corrected chi connectivity index (χ3v) is 0.167. The van der Waals surface area contributed by atoms with Gasteiger partial charge in [-0.2, -0.15) is 0 Å². The molecule has 0 amide bonds. The molecule has 0 aromatic heterocycles. The van der Waals surface area contributed by atoms with Crippen molar-refractivity contribution >= 4 is 5.97 Å². The van der Waals surface area contributed by atoms with Crippen molar-refractivity contribution < 1.29 is 29.4 Å². The first-order valence-electron chi connectivity index (χ1n) is 1.11. The zero-order chi connectivity index (χ0) is 4.28. The van der Waals surface area contributed by atoms with Crippen LogP contribution in [0.2, 0.25) is 0 Å². The van der Waals surface area contributed by atoms with E-state index < -0.39 is 5.97 Å². The maximum Gasteiger partial charge on any atom is 1.00 e. The molecular weight excluding hydrogens is 133 g/mol. The Balaban J connectivity index is 0. The number of carbonyl (C=O) groups excluding carboxylic acids is 1. The fourth-order valence-corrected chi connectivity index (χ4v) is 0. The summed E-state index contributed by atoms with van der Waals surface area (Å²) < 4.78 is 0. The molecule has 0 heterocycles. The second-order valence-electron chi connectivity index (χ2n) is 0.523. The Hall–Kier alpha value is -0.167.